The SMILES string of the molecule is C#CCOC[C@@H](O)CN(Cc1ccc(F)cc1F)C(C)C. The van der Waals surface area contributed by atoms with E-state index in [1.807, 2.05) is 18.7 Å². The van der Waals surface area contributed by atoms with Crippen molar-refractivity contribution in [2.24, 2.45) is 0 Å². The van der Waals surface area contributed by atoms with Crippen LogP contribution in [0.15, 0.2) is 18.2 Å². The first kappa shape index (κ1) is 17.6. The molecule has 0 radical (unpaired) electrons. The second-order valence-corrected chi connectivity index (χ2v) is 5.13. The van der Waals surface area contributed by atoms with Gasteiger partial charge in [0.2, 0.25) is 0 Å². The van der Waals surface area contributed by atoms with E-state index in [0.29, 0.717) is 12.1 Å². The first-order valence-corrected chi connectivity index (χ1v) is 6.81. The number of hydrogen-bond donors (Lipinski definition) is 1. The summed E-state index contributed by atoms with van der Waals surface area (Å²) < 4.78 is 31.7. The van der Waals surface area contributed by atoms with Gasteiger partial charge in [-0.25, -0.2) is 8.78 Å². The molecule has 0 bridgehead atoms. The standard InChI is InChI=1S/C16H21F2NO2/c1-4-7-21-11-15(20)10-19(12(2)3)9-13-5-6-14(17)8-16(13)18/h1,5-6,8,12,15,20H,7,9-11H2,2-3H3/t15-/m0/s1. The molecule has 1 rings (SSSR count). The number of ether oxygens (including phenoxy) is 1. The first-order valence-electron chi connectivity index (χ1n) is 6.81. The third kappa shape index (κ3) is 6.21. The summed E-state index contributed by atoms with van der Waals surface area (Å²) >= 11 is 0. The van der Waals surface area contributed by atoms with Gasteiger partial charge in [0.15, 0.2) is 0 Å². The molecule has 0 heterocycles. The van der Waals surface area contributed by atoms with Crippen molar-refractivity contribution in [1.82, 2.24) is 4.90 Å². The van der Waals surface area contributed by atoms with Crippen LogP contribution in [0.4, 0.5) is 8.78 Å². The van der Waals surface area contributed by atoms with Crippen LogP contribution in [0.5, 0.6) is 0 Å². The minimum absolute atomic E-state index is 0.0942. The van der Waals surface area contributed by atoms with Gasteiger partial charge in [0.25, 0.3) is 0 Å². The Bertz CT molecular complexity index is 486. The van der Waals surface area contributed by atoms with E-state index in [1.54, 1.807) is 0 Å². The van der Waals surface area contributed by atoms with Gasteiger partial charge in [0, 0.05) is 30.8 Å². The number of benzene rings is 1. The third-order valence-corrected chi connectivity index (χ3v) is 3.06. The topological polar surface area (TPSA) is 32.7 Å². The number of rotatable bonds is 8. The smallest absolute Gasteiger partial charge is 0.130 e. The molecule has 0 amide bonds. The Balaban J connectivity index is 2.63. The molecule has 0 aliphatic heterocycles. The lowest BCUT2D eigenvalue weighted by molar-refractivity contribution is 0.0189. The Labute approximate surface area is 124 Å². The lowest BCUT2D eigenvalue weighted by Crippen LogP contribution is -2.39. The van der Waals surface area contributed by atoms with Crippen molar-refractivity contribution in [3.63, 3.8) is 0 Å². The number of terminal acetylenes is 1. The molecule has 0 spiro atoms. The number of aliphatic hydroxyl groups is 1. The van der Waals surface area contributed by atoms with E-state index in [-0.39, 0.29) is 25.8 Å². The van der Waals surface area contributed by atoms with Gasteiger partial charge in [-0.15, -0.1) is 6.42 Å². The predicted octanol–water partition coefficient (Wildman–Crippen LogP) is 2.19. The fourth-order valence-corrected chi connectivity index (χ4v) is 1.90. The van der Waals surface area contributed by atoms with E-state index in [9.17, 15) is 13.9 Å². The Morgan fingerprint density at radius 3 is 2.67 bits per heavy atom. The molecular weight excluding hydrogens is 276 g/mol. The molecule has 0 unspecified atom stereocenters. The van der Waals surface area contributed by atoms with Crippen LogP contribution in [0, 0.1) is 24.0 Å². The highest BCUT2D eigenvalue weighted by Crippen LogP contribution is 2.14. The Hall–Kier alpha value is -1.48. The van der Waals surface area contributed by atoms with Crippen molar-refractivity contribution in [2.75, 3.05) is 19.8 Å². The minimum atomic E-state index is -0.718. The Kier molecular flexibility index (Phi) is 7.30. The van der Waals surface area contributed by atoms with E-state index in [0.717, 1.165) is 6.07 Å². The third-order valence-electron chi connectivity index (χ3n) is 3.06. The quantitative estimate of drug-likeness (QED) is 0.590. The van der Waals surface area contributed by atoms with Crippen LogP contribution in [0.2, 0.25) is 0 Å². The highest BCUT2D eigenvalue weighted by Gasteiger charge is 2.17. The highest BCUT2D eigenvalue weighted by atomic mass is 19.1. The van der Waals surface area contributed by atoms with Crippen LogP contribution in [0.25, 0.3) is 0 Å². The van der Waals surface area contributed by atoms with Gasteiger partial charge in [-0.2, -0.15) is 0 Å². The fourth-order valence-electron chi connectivity index (χ4n) is 1.90. The average molecular weight is 297 g/mol. The van der Waals surface area contributed by atoms with E-state index >= 15 is 0 Å². The van der Waals surface area contributed by atoms with Gasteiger partial charge >= 0.3 is 0 Å². The number of aliphatic hydroxyl groups excluding tert-OH is 1. The Morgan fingerprint density at radius 1 is 1.38 bits per heavy atom. The van der Waals surface area contributed by atoms with Crippen molar-refractivity contribution >= 4 is 0 Å². The molecule has 1 N–H and O–H groups in total. The molecule has 1 aromatic rings. The van der Waals surface area contributed by atoms with Crippen molar-refractivity contribution in [2.45, 2.75) is 32.5 Å². The molecule has 116 valence electrons. The van der Waals surface area contributed by atoms with E-state index in [4.69, 9.17) is 11.2 Å². The van der Waals surface area contributed by atoms with Gasteiger partial charge in [-0.05, 0) is 19.9 Å². The molecule has 0 fully saturated rings. The zero-order valence-corrected chi connectivity index (χ0v) is 12.4. The van der Waals surface area contributed by atoms with Crippen LogP contribution < -0.4 is 0 Å². The van der Waals surface area contributed by atoms with Crippen LogP contribution >= 0.6 is 0 Å². The molecule has 21 heavy (non-hydrogen) atoms. The van der Waals surface area contributed by atoms with E-state index < -0.39 is 17.7 Å². The van der Waals surface area contributed by atoms with Crippen LogP contribution in [-0.2, 0) is 11.3 Å². The average Bonchev–Trinajstić information content (AvgIpc) is 2.41. The summed E-state index contributed by atoms with van der Waals surface area (Å²) in [4.78, 5) is 1.89. The normalized spacial score (nSPS) is 12.7. The first-order chi connectivity index (χ1) is 9.93. The summed E-state index contributed by atoms with van der Waals surface area (Å²) in [5.41, 5.74) is 0.391. The van der Waals surface area contributed by atoms with Gasteiger partial charge in [-0.3, -0.25) is 4.90 Å². The number of nitrogens with zero attached hydrogens (tertiary/aromatic N) is 1. The molecule has 5 heteroatoms. The second-order valence-electron chi connectivity index (χ2n) is 5.13. The van der Waals surface area contributed by atoms with E-state index in [1.165, 1.54) is 12.1 Å². The number of hydrogen-bond acceptors (Lipinski definition) is 3. The molecule has 1 aromatic carbocycles. The fraction of sp³-hybridized carbons (Fsp3) is 0.500. The molecule has 0 aromatic heterocycles. The molecular formula is C16H21F2NO2. The maximum Gasteiger partial charge on any atom is 0.130 e. The van der Waals surface area contributed by atoms with Crippen molar-refractivity contribution < 1.29 is 18.6 Å². The summed E-state index contributed by atoms with van der Waals surface area (Å²) in [5, 5.41) is 9.90. The maximum atomic E-state index is 13.7. The number of halogens is 2. The van der Waals surface area contributed by atoms with Crippen molar-refractivity contribution in [3.05, 3.63) is 35.4 Å². The minimum Gasteiger partial charge on any atom is -0.389 e. The molecule has 0 aliphatic rings. The van der Waals surface area contributed by atoms with Crippen molar-refractivity contribution in [1.29, 1.82) is 0 Å². The largest absolute Gasteiger partial charge is 0.389 e. The van der Waals surface area contributed by atoms with E-state index in [2.05, 4.69) is 5.92 Å². The van der Waals surface area contributed by atoms with Crippen molar-refractivity contribution in [3.8, 4) is 12.3 Å². The molecule has 3 nitrogen and oxygen atoms in total. The van der Waals surface area contributed by atoms with Gasteiger partial charge in [0.1, 0.15) is 18.2 Å². The van der Waals surface area contributed by atoms with Gasteiger partial charge in [-0.1, -0.05) is 12.0 Å². The lowest BCUT2D eigenvalue weighted by Gasteiger charge is -2.28. The summed E-state index contributed by atoms with van der Waals surface area (Å²) in [6.07, 6.45) is 4.34. The molecule has 0 saturated heterocycles. The van der Waals surface area contributed by atoms with Gasteiger partial charge in [0.05, 0.1) is 12.7 Å². The lowest BCUT2D eigenvalue weighted by atomic mass is 10.1. The summed E-state index contributed by atoms with van der Waals surface area (Å²) in [6, 6.07) is 3.60. The van der Waals surface area contributed by atoms with Crippen LogP contribution in [-0.4, -0.2) is 41.9 Å². The summed E-state index contributed by atoms with van der Waals surface area (Å²) in [7, 11) is 0. The zero-order chi connectivity index (χ0) is 15.8. The molecule has 0 saturated carbocycles. The molecule has 0 aliphatic carbocycles. The zero-order valence-electron chi connectivity index (χ0n) is 12.4. The molecule has 1 atom stereocenters. The maximum absolute atomic E-state index is 13.7. The Morgan fingerprint density at radius 2 is 2.10 bits per heavy atom. The summed E-state index contributed by atoms with van der Waals surface area (Å²) in [6.45, 7) is 4.76. The van der Waals surface area contributed by atoms with Crippen LogP contribution in [0.1, 0.15) is 19.4 Å². The highest BCUT2D eigenvalue weighted by molar-refractivity contribution is 5.18. The second kappa shape index (κ2) is 8.73. The predicted molar refractivity (Wildman–Crippen MR) is 77.6 cm³/mol. The monoisotopic (exact) mass is 297 g/mol. The van der Waals surface area contributed by atoms with Gasteiger partial charge < -0.3 is 9.84 Å². The van der Waals surface area contributed by atoms with Crippen LogP contribution in [0.3, 0.4) is 0 Å². The summed E-state index contributed by atoms with van der Waals surface area (Å²) in [5.74, 6) is 1.13.